The molecule has 0 aliphatic heterocycles. The Bertz CT molecular complexity index is 582. The Labute approximate surface area is 124 Å². The van der Waals surface area contributed by atoms with E-state index in [2.05, 4.69) is 5.32 Å². The van der Waals surface area contributed by atoms with Gasteiger partial charge in [-0.1, -0.05) is 29.8 Å². The third-order valence-corrected chi connectivity index (χ3v) is 3.06. The lowest BCUT2D eigenvalue weighted by molar-refractivity contribution is -0.108. The van der Waals surface area contributed by atoms with E-state index in [0.29, 0.717) is 11.1 Å². The van der Waals surface area contributed by atoms with Crippen LogP contribution in [0.4, 0.5) is 10.1 Å². The highest BCUT2D eigenvalue weighted by molar-refractivity contribution is 5.67. The average Bonchev–Trinajstić information content (AvgIpc) is 2.51. The van der Waals surface area contributed by atoms with Crippen LogP contribution in [0.5, 0.6) is 0 Å². The lowest BCUT2D eigenvalue weighted by atomic mass is 10.1. The number of nitrogens with one attached hydrogen (secondary N) is 1. The summed E-state index contributed by atoms with van der Waals surface area (Å²) in [5.41, 5.74) is 3.18. The van der Waals surface area contributed by atoms with E-state index in [-0.39, 0.29) is 5.82 Å². The zero-order valence-corrected chi connectivity index (χ0v) is 12.4. The van der Waals surface area contributed by atoms with Gasteiger partial charge in [-0.05, 0) is 43.2 Å². The van der Waals surface area contributed by atoms with E-state index in [1.807, 2.05) is 31.2 Å². The fourth-order valence-electron chi connectivity index (χ4n) is 1.83. The minimum atomic E-state index is -0.544. The molecule has 0 spiro atoms. The molecule has 3 nitrogen and oxygen atoms in total. The maximum absolute atomic E-state index is 13.5. The first-order valence-electron chi connectivity index (χ1n) is 6.59. The van der Waals surface area contributed by atoms with Crippen molar-refractivity contribution in [2.45, 2.75) is 19.9 Å². The number of hydrogen-bond donors (Lipinski definition) is 2. The van der Waals surface area contributed by atoms with Crippen LogP contribution >= 0.6 is 0 Å². The average molecular weight is 289 g/mol. The lowest BCUT2D eigenvalue weighted by Crippen LogP contribution is -2.12. The molecule has 0 amide bonds. The number of carbonyl (C=O) groups is 1. The first-order valence-corrected chi connectivity index (χ1v) is 6.59. The Morgan fingerprint density at radius 2 is 1.71 bits per heavy atom. The quantitative estimate of drug-likeness (QED) is 0.848. The molecule has 2 aromatic rings. The minimum Gasteiger partial charge on any atom is -0.400 e. The molecule has 0 heterocycles. The van der Waals surface area contributed by atoms with E-state index in [4.69, 9.17) is 5.11 Å². The summed E-state index contributed by atoms with van der Waals surface area (Å²) >= 11 is 0. The van der Waals surface area contributed by atoms with E-state index in [0.717, 1.165) is 24.6 Å². The fraction of sp³-hybridized carbons (Fsp3) is 0.235. The van der Waals surface area contributed by atoms with Gasteiger partial charge < -0.3 is 15.2 Å². The van der Waals surface area contributed by atoms with E-state index in [1.54, 1.807) is 19.1 Å². The van der Waals surface area contributed by atoms with Gasteiger partial charge in [0.15, 0.2) is 0 Å². The molecule has 0 saturated carbocycles. The number of rotatable bonds is 4. The largest absolute Gasteiger partial charge is 0.400 e. The third-order valence-electron chi connectivity index (χ3n) is 3.06. The molecule has 0 aliphatic carbocycles. The summed E-state index contributed by atoms with van der Waals surface area (Å²) < 4.78 is 13.5. The molecule has 0 aromatic heterocycles. The van der Waals surface area contributed by atoms with Crippen LogP contribution < -0.4 is 5.32 Å². The maximum atomic E-state index is 13.5. The number of benzene rings is 2. The molecule has 0 radical (unpaired) electrons. The van der Waals surface area contributed by atoms with Crippen molar-refractivity contribution in [2.24, 2.45) is 0 Å². The zero-order chi connectivity index (χ0) is 15.8. The van der Waals surface area contributed by atoms with Crippen LogP contribution in [0.3, 0.4) is 0 Å². The van der Waals surface area contributed by atoms with Crippen LogP contribution in [0.1, 0.15) is 22.7 Å². The predicted octanol–water partition coefficient (Wildman–Crippen LogP) is 3.40. The van der Waals surface area contributed by atoms with Gasteiger partial charge in [-0.15, -0.1) is 0 Å². The molecule has 0 bridgehead atoms. The van der Waals surface area contributed by atoms with Crippen LogP contribution in [-0.4, -0.2) is 18.5 Å². The highest BCUT2D eigenvalue weighted by Crippen LogP contribution is 2.20. The molecule has 2 N–H and O–H groups in total. The summed E-state index contributed by atoms with van der Waals surface area (Å²) in [7, 11) is 1.00. The summed E-state index contributed by atoms with van der Waals surface area (Å²) in [5.74, 6) is -0.296. The summed E-state index contributed by atoms with van der Waals surface area (Å²) in [5, 5.41) is 10.1. The van der Waals surface area contributed by atoms with Gasteiger partial charge >= 0.3 is 0 Å². The monoisotopic (exact) mass is 289 g/mol. The second-order valence-electron chi connectivity index (χ2n) is 4.63. The highest BCUT2D eigenvalue weighted by atomic mass is 19.1. The second-order valence-corrected chi connectivity index (χ2v) is 4.63. The number of aliphatic hydroxyl groups is 1. The highest BCUT2D eigenvalue weighted by Gasteiger charge is 2.11. The fourth-order valence-corrected chi connectivity index (χ4v) is 1.83. The first kappa shape index (κ1) is 16.9. The number of carbonyl (C=O) groups excluding carboxylic acids is 1. The summed E-state index contributed by atoms with van der Waals surface area (Å²) in [6, 6.07) is 12.0. The van der Waals surface area contributed by atoms with Gasteiger partial charge in [0.2, 0.25) is 0 Å². The maximum Gasteiger partial charge on any atom is 0.146 e. The number of aryl methyl sites for hydroxylation is 2. The number of aldehydes is 1. The van der Waals surface area contributed by atoms with Crippen molar-refractivity contribution in [1.29, 1.82) is 0 Å². The molecule has 1 unspecified atom stereocenters. The van der Waals surface area contributed by atoms with Crippen molar-refractivity contribution < 1.29 is 14.3 Å². The molecule has 0 fully saturated rings. The zero-order valence-electron chi connectivity index (χ0n) is 12.4. The van der Waals surface area contributed by atoms with Gasteiger partial charge in [-0.3, -0.25) is 0 Å². The molecule has 2 rings (SSSR count). The molecular weight excluding hydrogens is 269 g/mol. The van der Waals surface area contributed by atoms with Crippen LogP contribution in [0, 0.1) is 19.7 Å². The SMILES string of the molecule is CO.Cc1ccc(NC(C=O)c2ccc(C)c(F)c2)cc1. The Balaban J connectivity index is 0.00000106. The summed E-state index contributed by atoms with van der Waals surface area (Å²) in [6.45, 7) is 3.69. The number of hydrogen-bond acceptors (Lipinski definition) is 3. The molecule has 0 saturated heterocycles. The Morgan fingerprint density at radius 1 is 1.10 bits per heavy atom. The molecule has 21 heavy (non-hydrogen) atoms. The van der Waals surface area contributed by atoms with E-state index in [1.165, 1.54) is 6.07 Å². The van der Waals surface area contributed by atoms with Crippen molar-refractivity contribution in [3.63, 3.8) is 0 Å². The molecule has 4 heteroatoms. The normalized spacial score (nSPS) is 11.1. The van der Waals surface area contributed by atoms with Crippen molar-refractivity contribution in [1.82, 2.24) is 0 Å². The number of halogens is 1. The molecule has 0 aliphatic rings. The van der Waals surface area contributed by atoms with Gasteiger partial charge in [-0.2, -0.15) is 0 Å². The van der Waals surface area contributed by atoms with Crippen molar-refractivity contribution in [3.05, 3.63) is 65.0 Å². The van der Waals surface area contributed by atoms with E-state index < -0.39 is 6.04 Å². The smallest absolute Gasteiger partial charge is 0.146 e. The van der Waals surface area contributed by atoms with Crippen LogP contribution in [0.25, 0.3) is 0 Å². The van der Waals surface area contributed by atoms with Gasteiger partial charge in [0.05, 0.1) is 0 Å². The Morgan fingerprint density at radius 3 is 2.24 bits per heavy atom. The lowest BCUT2D eigenvalue weighted by Gasteiger charge is -2.15. The second kappa shape index (κ2) is 8.17. The Hall–Kier alpha value is -2.20. The van der Waals surface area contributed by atoms with Gasteiger partial charge in [0, 0.05) is 12.8 Å². The third kappa shape index (κ3) is 4.68. The van der Waals surface area contributed by atoms with Gasteiger partial charge in [0.1, 0.15) is 18.1 Å². The standard InChI is InChI=1S/C16H16FNO.CH4O/c1-11-3-7-14(8-4-11)18-16(10-19)13-6-5-12(2)15(17)9-13;1-2/h3-10,16,18H,1-2H3;2H,1H3. The molecule has 112 valence electrons. The van der Waals surface area contributed by atoms with E-state index >= 15 is 0 Å². The van der Waals surface area contributed by atoms with Gasteiger partial charge in [0.25, 0.3) is 0 Å². The van der Waals surface area contributed by atoms with Crippen molar-refractivity contribution in [2.75, 3.05) is 12.4 Å². The predicted molar refractivity (Wildman–Crippen MR) is 82.9 cm³/mol. The van der Waals surface area contributed by atoms with Crippen molar-refractivity contribution in [3.8, 4) is 0 Å². The topological polar surface area (TPSA) is 49.3 Å². The molecular formula is C17H20FNO2. The molecule has 2 aromatic carbocycles. The summed E-state index contributed by atoms with van der Waals surface area (Å²) in [6.07, 6.45) is 0.782. The van der Waals surface area contributed by atoms with Crippen LogP contribution in [0.2, 0.25) is 0 Å². The number of anilines is 1. The van der Waals surface area contributed by atoms with Crippen LogP contribution in [-0.2, 0) is 4.79 Å². The summed E-state index contributed by atoms with van der Waals surface area (Å²) in [4.78, 5) is 11.2. The van der Waals surface area contributed by atoms with Crippen LogP contribution in [0.15, 0.2) is 42.5 Å². The molecule has 1 atom stereocenters. The van der Waals surface area contributed by atoms with Gasteiger partial charge in [-0.25, -0.2) is 4.39 Å². The first-order chi connectivity index (χ1) is 10.1. The Kier molecular flexibility index (Phi) is 6.56. The van der Waals surface area contributed by atoms with Crippen molar-refractivity contribution >= 4 is 12.0 Å². The number of aliphatic hydroxyl groups excluding tert-OH is 1. The minimum absolute atomic E-state index is 0.296. The van der Waals surface area contributed by atoms with E-state index in [9.17, 15) is 9.18 Å².